The zero-order valence-corrected chi connectivity index (χ0v) is 23.2. The zero-order chi connectivity index (χ0) is 28.0. The number of hydrogen-bond acceptors (Lipinski definition) is 10. The number of methoxy groups -OCH3 is 1. The lowest BCUT2D eigenvalue weighted by molar-refractivity contribution is -0.128. The van der Waals surface area contributed by atoms with Crippen molar-refractivity contribution in [2.24, 2.45) is 5.73 Å². The van der Waals surface area contributed by atoms with E-state index in [0.717, 1.165) is 57.1 Å². The molecule has 2 aliphatic carbocycles. The van der Waals surface area contributed by atoms with Crippen LogP contribution in [0.1, 0.15) is 80.1 Å². The summed E-state index contributed by atoms with van der Waals surface area (Å²) in [5.74, 6) is 1.28. The number of likely N-dealkylation sites (tertiary alicyclic amines) is 1. The Morgan fingerprint density at radius 2 is 2.02 bits per heavy atom. The van der Waals surface area contributed by atoms with Gasteiger partial charge < -0.3 is 19.7 Å². The number of ether oxygens (including phenoxy) is 2. The van der Waals surface area contributed by atoms with Crippen LogP contribution in [0.5, 0.6) is 11.6 Å². The highest BCUT2D eigenvalue weighted by Gasteiger charge is 2.48. The van der Waals surface area contributed by atoms with Gasteiger partial charge in [-0.3, -0.25) is 14.5 Å². The average Bonchev–Trinajstić information content (AvgIpc) is 3.70. The predicted molar refractivity (Wildman–Crippen MR) is 144 cm³/mol. The summed E-state index contributed by atoms with van der Waals surface area (Å²) in [6.07, 6.45) is 9.06. The first-order valence-corrected chi connectivity index (χ1v) is 14.0. The fourth-order valence-corrected chi connectivity index (χ4v) is 6.66. The molecule has 0 aromatic carbocycles. The second kappa shape index (κ2) is 10.3. The number of aromatic nitrogens is 5. The molecule has 4 heterocycles. The molecule has 40 heavy (non-hydrogen) atoms. The minimum Gasteiger partial charge on any atom is -0.489 e. The Bertz CT molecular complexity index is 1450. The van der Waals surface area contributed by atoms with E-state index in [1.807, 2.05) is 6.92 Å². The Balaban J connectivity index is 1.48. The van der Waals surface area contributed by atoms with Crippen molar-refractivity contribution in [2.75, 3.05) is 20.7 Å². The lowest BCUT2D eigenvalue weighted by Crippen LogP contribution is -2.41. The molecule has 0 radical (unpaired) electrons. The normalized spacial score (nSPS) is 23.8. The van der Waals surface area contributed by atoms with Gasteiger partial charge in [0, 0.05) is 24.2 Å². The number of rotatable bonds is 7. The summed E-state index contributed by atoms with van der Waals surface area (Å²) < 4.78 is 19.6. The summed E-state index contributed by atoms with van der Waals surface area (Å²) in [6.45, 7) is 3.02. The van der Waals surface area contributed by atoms with E-state index in [1.165, 1.54) is 17.9 Å². The molecule has 3 aliphatic rings. The van der Waals surface area contributed by atoms with E-state index in [-0.39, 0.29) is 46.9 Å². The molecule has 3 aromatic rings. The highest BCUT2D eigenvalue weighted by atomic mass is 16.5. The first kappa shape index (κ1) is 26.4. The third kappa shape index (κ3) is 4.34. The van der Waals surface area contributed by atoms with E-state index in [2.05, 4.69) is 22.2 Å². The highest BCUT2D eigenvalue weighted by Crippen LogP contribution is 2.48. The fourth-order valence-electron chi connectivity index (χ4n) is 6.66. The molecule has 0 bridgehead atoms. The molecule has 0 unspecified atom stereocenters. The van der Waals surface area contributed by atoms with E-state index in [9.17, 15) is 9.59 Å². The number of Topliss-reactive ketones (excluding diaryl/α,β-unsaturated/α-hetero) is 1. The molecule has 1 saturated carbocycles. The maximum Gasteiger partial charge on any atom is 0.269 e. The molecule has 2 N–H and O–H groups in total. The molecule has 1 aliphatic heterocycles. The summed E-state index contributed by atoms with van der Waals surface area (Å²) in [5.41, 5.74) is 6.27. The van der Waals surface area contributed by atoms with Gasteiger partial charge in [-0.2, -0.15) is 10.1 Å². The molecular weight excluding hydrogens is 514 g/mol. The van der Waals surface area contributed by atoms with Gasteiger partial charge in [-0.25, -0.2) is 9.67 Å². The summed E-state index contributed by atoms with van der Waals surface area (Å²) >= 11 is 0. The van der Waals surface area contributed by atoms with Crippen LogP contribution < -0.4 is 15.2 Å². The number of amides is 1. The molecule has 6 rings (SSSR count). The Hall–Kier alpha value is -3.80. The lowest BCUT2D eigenvalue weighted by atomic mass is 9.64. The van der Waals surface area contributed by atoms with Gasteiger partial charge in [0.15, 0.2) is 17.3 Å². The second-order valence-electron chi connectivity index (χ2n) is 11.1. The van der Waals surface area contributed by atoms with Crippen LogP contribution in [0.25, 0.3) is 17.3 Å². The molecule has 1 saturated heterocycles. The third-order valence-electron chi connectivity index (χ3n) is 8.75. The van der Waals surface area contributed by atoms with Crippen LogP contribution in [0.15, 0.2) is 16.8 Å². The number of fused-ring (bicyclic) bond motifs is 2. The summed E-state index contributed by atoms with van der Waals surface area (Å²) in [6, 6.07) is 1.73. The largest absolute Gasteiger partial charge is 0.489 e. The Labute approximate surface area is 232 Å². The number of carbonyl (C=O) groups is 2. The number of nitrogens with zero attached hydrogens (tertiary/aromatic N) is 6. The third-order valence-corrected chi connectivity index (χ3v) is 8.75. The van der Waals surface area contributed by atoms with Gasteiger partial charge in [0.25, 0.3) is 11.8 Å². The van der Waals surface area contributed by atoms with Gasteiger partial charge in [0.2, 0.25) is 11.6 Å². The predicted octanol–water partition coefficient (Wildman–Crippen LogP) is 3.00. The summed E-state index contributed by atoms with van der Waals surface area (Å²) in [7, 11) is 3.60. The van der Waals surface area contributed by atoms with Gasteiger partial charge in [0.1, 0.15) is 17.6 Å². The van der Waals surface area contributed by atoms with Crippen LogP contribution in [-0.2, 0) is 16.6 Å². The van der Waals surface area contributed by atoms with Crippen molar-refractivity contribution in [3.05, 3.63) is 29.3 Å². The molecule has 1 spiro atoms. The van der Waals surface area contributed by atoms with E-state index >= 15 is 0 Å². The summed E-state index contributed by atoms with van der Waals surface area (Å²) in [4.78, 5) is 36.8. The molecule has 12 nitrogen and oxygen atoms in total. The first-order valence-electron chi connectivity index (χ1n) is 14.0. The Kier molecular flexibility index (Phi) is 6.81. The fraction of sp³-hybridized carbons (Fsp3) is 0.571. The Morgan fingerprint density at radius 3 is 2.73 bits per heavy atom. The van der Waals surface area contributed by atoms with Crippen molar-refractivity contribution in [1.82, 2.24) is 29.8 Å². The number of carbonyl (C=O) groups excluding carboxylic acids is 2. The van der Waals surface area contributed by atoms with Gasteiger partial charge in [0.05, 0.1) is 12.5 Å². The molecule has 212 valence electrons. The standard InChI is InChI=1S/C28H35N7O5/c1-16(19-9-7-14-34(19)2)39-27-22(38-3)26(35-15-11-18(32-35)24(29)37)30-25(31-27)21-17-8-6-13-28(23(17)40-33-21)12-5-4-10-20(28)36/h11,15-16,19H,4-10,12-14H2,1-3H3,(H2,29,37)/t16-,19-,28+/m0/s1. The maximum atomic E-state index is 13.2. The van der Waals surface area contributed by atoms with Gasteiger partial charge >= 0.3 is 0 Å². The van der Waals surface area contributed by atoms with Crippen LogP contribution in [0.4, 0.5) is 0 Å². The minimum atomic E-state index is -0.658. The molecule has 3 aromatic heterocycles. The van der Waals surface area contributed by atoms with E-state index < -0.39 is 11.3 Å². The summed E-state index contributed by atoms with van der Waals surface area (Å²) in [5, 5.41) is 8.73. The van der Waals surface area contributed by atoms with E-state index in [0.29, 0.717) is 24.3 Å². The van der Waals surface area contributed by atoms with Crippen LogP contribution in [-0.4, -0.2) is 74.3 Å². The van der Waals surface area contributed by atoms with Crippen molar-refractivity contribution >= 4 is 11.7 Å². The van der Waals surface area contributed by atoms with E-state index in [4.69, 9.17) is 29.7 Å². The van der Waals surface area contributed by atoms with Crippen LogP contribution >= 0.6 is 0 Å². The van der Waals surface area contributed by atoms with Crippen molar-refractivity contribution in [2.45, 2.75) is 82.3 Å². The number of likely N-dealkylation sites (N-methyl/N-ethyl adjacent to an activating group) is 1. The van der Waals surface area contributed by atoms with Crippen LogP contribution in [0, 0.1) is 0 Å². The quantitative estimate of drug-likeness (QED) is 0.465. The van der Waals surface area contributed by atoms with Gasteiger partial charge in [-0.05, 0) is 71.5 Å². The van der Waals surface area contributed by atoms with Crippen molar-refractivity contribution < 1.29 is 23.6 Å². The molecule has 3 atom stereocenters. The van der Waals surface area contributed by atoms with Crippen molar-refractivity contribution in [3.63, 3.8) is 0 Å². The number of primary amides is 1. The molecule has 1 amide bonds. The maximum absolute atomic E-state index is 13.2. The monoisotopic (exact) mass is 549 g/mol. The van der Waals surface area contributed by atoms with Crippen LogP contribution in [0.3, 0.4) is 0 Å². The molecular formula is C28H35N7O5. The van der Waals surface area contributed by atoms with Crippen molar-refractivity contribution in [1.29, 1.82) is 0 Å². The van der Waals surface area contributed by atoms with E-state index in [1.54, 1.807) is 6.20 Å². The minimum absolute atomic E-state index is 0.0854. The number of nitrogens with two attached hydrogens (primary N) is 1. The smallest absolute Gasteiger partial charge is 0.269 e. The molecule has 2 fully saturated rings. The lowest BCUT2D eigenvalue weighted by Gasteiger charge is -2.36. The van der Waals surface area contributed by atoms with Gasteiger partial charge in [-0.15, -0.1) is 0 Å². The highest BCUT2D eigenvalue weighted by molar-refractivity contribution is 5.91. The number of ketones is 1. The SMILES string of the molecule is COc1c(O[C@@H](C)[C@@H]2CCCN2C)nc(-c2noc3c2CCC[C@@]32CCCCC2=O)nc1-n1ccc(C(N)=O)n1. The first-order chi connectivity index (χ1) is 19.3. The van der Waals surface area contributed by atoms with Gasteiger partial charge in [-0.1, -0.05) is 11.6 Å². The second-order valence-corrected chi connectivity index (χ2v) is 11.1. The number of hydrogen-bond donors (Lipinski definition) is 1. The van der Waals surface area contributed by atoms with Crippen molar-refractivity contribution in [3.8, 4) is 29.0 Å². The molecule has 12 heteroatoms. The Morgan fingerprint density at radius 1 is 1.20 bits per heavy atom. The topological polar surface area (TPSA) is 151 Å². The van der Waals surface area contributed by atoms with Crippen LogP contribution in [0.2, 0.25) is 0 Å². The average molecular weight is 550 g/mol. The zero-order valence-electron chi connectivity index (χ0n) is 23.2.